The number of rotatable bonds is 4. The van der Waals surface area contributed by atoms with Crippen molar-refractivity contribution < 1.29 is 23.8 Å². The Labute approximate surface area is 125 Å². The first-order chi connectivity index (χ1) is 10.6. The van der Waals surface area contributed by atoms with E-state index in [1.54, 1.807) is 25.2 Å². The van der Waals surface area contributed by atoms with Crippen molar-refractivity contribution in [3.8, 4) is 11.5 Å². The number of benzene rings is 1. The molecular weight excluding hydrogens is 290 g/mol. The lowest BCUT2D eigenvalue weighted by molar-refractivity contribution is -0.119. The van der Waals surface area contributed by atoms with E-state index in [0.717, 1.165) is 0 Å². The van der Waals surface area contributed by atoms with Crippen LogP contribution in [0, 0.1) is 0 Å². The number of hydrogen-bond donors (Lipinski definition) is 1. The standard InChI is InChI=1S/C14H13N3O5/c1-17-6-9(5-15-17)14(19)20-7-13(18)16-10-2-3-11-12(4-10)22-8-21-11/h2-6H,7-8H2,1H3,(H,16,18). The highest BCUT2D eigenvalue weighted by atomic mass is 16.7. The van der Waals surface area contributed by atoms with E-state index in [-0.39, 0.29) is 13.4 Å². The lowest BCUT2D eigenvalue weighted by atomic mass is 10.3. The van der Waals surface area contributed by atoms with E-state index in [0.29, 0.717) is 22.7 Å². The number of esters is 1. The average molecular weight is 303 g/mol. The predicted octanol–water partition coefficient (Wildman–Crippen LogP) is 0.944. The van der Waals surface area contributed by atoms with Crippen LogP contribution in [0.1, 0.15) is 10.4 Å². The highest BCUT2D eigenvalue weighted by molar-refractivity contribution is 5.95. The van der Waals surface area contributed by atoms with Crippen molar-refractivity contribution in [2.45, 2.75) is 0 Å². The van der Waals surface area contributed by atoms with Gasteiger partial charge >= 0.3 is 5.97 Å². The molecule has 1 aliphatic rings. The molecule has 0 unspecified atom stereocenters. The van der Waals surface area contributed by atoms with Crippen LogP contribution in [0.4, 0.5) is 5.69 Å². The maximum absolute atomic E-state index is 11.8. The van der Waals surface area contributed by atoms with Crippen LogP contribution in [0.3, 0.4) is 0 Å². The lowest BCUT2D eigenvalue weighted by Crippen LogP contribution is -2.20. The van der Waals surface area contributed by atoms with Gasteiger partial charge in [-0.2, -0.15) is 5.10 Å². The maximum Gasteiger partial charge on any atom is 0.341 e. The SMILES string of the molecule is Cn1cc(C(=O)OCC(=O)Nc2ccc3c(c2)OCO3)cn1. The van der Waals surface area contributed by atoms with Crippen LogP contribution in [0.2, 0.25) is 0 Å². The van der Waals surface area contributed by atoms with Crippen molar-refractivity contribution in [3.63, 3.8) is 0 Å². The molecule has 1 aromatic carbocycles. The minimum absolute atomic E-state index is 0.162. The Balaban J connectivity index is 1.53. The fourth-order valence-corrected chi connectivity index (χ4v) is 1.91. The largest absolute Gasteiger partial charge is 0.454 e. The van der Waals surface area contributed by atoms with Gasteiger partial charge in [0, 0.05) is 25.0 Å². The molecule has 0 fully saturated rings. The Hall–Kier alpha value is -3.03. The molecule has 2 aromatic rings. The first-order valence-electron chi connectivity index (χ1n) is 6.47. The van der Waals surface area contributed by atoms with Crippen LogP contribution in [-0.2, 0) is 16.6 Å². The summed E-state index contributed by atoms with van der Waals surface area (Å²) in [4.78, 5) is 23.4. The van der Waals surface area contributed by atoms with Gasteiger partial charge in [0.1, 0.15) is 0 Å². The van der Waals surface area contributed by atoms with Gasteiger partial charge in [-0.05, 0) is 12.1 Å². The maximum atomic E-state index is 11.8. The molecule has 8 heteroatoms. The van der Waals surface area contributed by atoms with Crippen LogP contribution >= 0.6 is 0 Å². The summed E-state index contributed by atoms with van der Waals surface area (Å²) in [6.07, 6.45) is 2.89. The summed E-state index contributed by atoms with van der Waals surface area (Å²) in [6.45, 7) is -0.225. The van der Waals surface area contributed by atoms with Crippen LogP contribution in [0.25, 0.3) is 0 Å². The number of fused-ring (bicyclic) bond motifs is 1. The van der Waals surface area contributed by atoms with Crippen molar-refractivity contribution >= 4 is 17.6 Å². The minimum atomic E-state index is -0.603. The summed E-state index contributed by atoms with van der Waals surface area (Å²) in [5.74, 6) is 0.135. The fourth-order valence-electron chi connectivity index (χ4n) is 1.91. The van der Waals surface area contributed by atoms with E-state index in [1.165, 1.54) is 17.1 Å². The Kier molecular flexibility index (Phi) is 3.65. The summed E-state index contributed by atoms with van der Waals surface area (Å²) in [7, 11) is 1.68. The molecule has 1 aliphatic heterocycles. The third-order valence-corrected chi connectivity index (χ3v) is 2.93. The van der Waals surface area contributed by atoms with Gasteiger partial charge in [-0.15, -0.1) is 0 Å². The quantitative estimate of drug-likeness (QED) is 0.845. The molecule has 1 aromatic heterocycles. The molecule has 0 aliphatic carbocycles. The van der Waals surface area contributed by atoms with Gasteiger partial charge in [-0.3, -0.25) is 9.48 Å². The molecule has 114 valence electrons. The van der Waals surface area contributed by atoms with Crippen molar-refractivity contribution in [1.82, 2.24) is 9.78 Å². The van der Waals surface area contributed by atoms with Crippen molar-refractivity contribution in [3.05, 3.63) is 36.2 Å². The van der Waals surface area contributed by atoms with Crippen LogP contribution < -0.4 is 14.8 Å². The molecule has 0 radical (unpaired) electrons. The number of aryl methyl sites for hydroxylation is 1. The Morgan fingerprint density at radius 2 is 2.18 bits per heavy atom. The third kappa shape index (κ3) is 3.00. The van der Waals surface area contributed by atoms with Gasteiger partial charge in [-0.25, -0.2) is 4.79 Å². The molecule has 0 atom stereocenters. The molecule has 2 heterocycles. The van der Waals surface area contributed by atoms with E-state index in [9.17, 15) is 9.59 Å². The van der Waals surface area contributed by atoms with Gasteiger partial charge in [0.25, 0.3) is 5.91 Å². The van der Waals surface area contributed by atoms with Gasteiger partial charge in [0.15, 0.2) is 18.1 Å². The van der Waals surface area contributed by atoms with E-state index in [2.05, 4.69) is 10.4 Å². The summed E-state index contributed by atoms with van der Waals surface area (Å²) in [6, 6.07) is 5.01. The molecule has 0 saturated heterocycles. The number of ether oxygens (including phenoxy) is 3. The number of nitrogens with one attached hydrogen (secondary N) is 1. The number of hydrogen-bond acceptors (Lipinski definition) is 6. The third-order valence-electron chi connectivity index (χ3n) is 2.93. The van der Waals surface area contributed by atoms with Gasteiger partial charge in [0.2, 0.25) is 6.79 Å². The highest BCUT2D eigenvalue weighted by Gasteiger charge is 2.15. The Morgan fingerprint density at radius 1 is 1.36 bits per heavy atom. The molecule has 3 rings (SSSR count). The first kappa shape index (κ1) is 13.9. The zero-order valence-corrected chi connectivity index (χ0v) is 11.7. The van der Waals surface area contributed by atoms with Gasteiger partial charge in [-0.1, -0.05) is 0 Å². The van der Waals surface area contributed by atoms with E-state index in [1.807, 2.05) is 0 Å². The van der Waals surface area contributed by atoms with Crippen molar-refractivity contribution in [2.75, 3.05) is 18.7 Å². The summed E-state index contributed by atoms with van der Waals surface area (Å²) in [5.41, 5.74) is 0.824. The van der Waals surface area contributed by atoms with Gasteiger partial charge in [0.05, 0.1) is 11.8 Å². The normalized spacial score (nSPS) is 12.0. The predicted molar refractivity (Wildman–Crippen MR) is 74.7 cm³/mol. The second-order valence-electron chi connectivity index (χ2n) is 4.60. The van der Waals surface area contributed by atoms with Gasteiger partial charge < -0.3 is 19.5 Å². The van der Waals surface area contributed by atoms with Crippen LogP contribution in [-0.4, -0.2) is 35.1 Å². The van der Waals surface area contributed by atoms with Crippen LogP contribution in [0.5, 0.6) is 11.5 Å². The fraction of sp³-hybridized carbons (Fsp3) is 0.214. The average Bonchev–Trinajstić information content (AvgIpc) is 3.13. The first-order valence-corrected chi connectivity index (χ1v) is 6.47. The molecule has 0 saturated carbocycles. The van der Waals surface area contributed by atoms with E-state index >= 15 is 0 Å². The minimum Gasteiger partial charge on any atom is -0.454 e. The van der Waals surface area contributed by atoms with Crippen molar-refractivity contribution in [2.24, 2.45) is 7.05 Å². The Morgan fingerprint density at radius 3 is 2.95 bits per heavy atom. The monoisotopic (exact) mass is 303 g/mol. The highest BCUT2D eigenvalue weighted by Crippen LogP contribution is 2.34. The smallest absolute Gasteiger partial charge is 0.341 e. The number of nitrogens with zero attached hydrogens (tertiary/aromatic N) is 2. The number of anilines is 1. The molecular formula is C14H13N3O5. The number of carbonyl (C=O) groups is 2. The number of carbonyl (C=O) groups excluding carboxylic acids is 2. The van der Waals surface area contributed by atoms with Crippen molar-refractivity contribution in [1.29, 1.82) is 0 Å². The second kappa shape index (κ2) is 5.76. The topological polar surface area (TPSA) is 91.7 Å². The summed E-state index contributed by atoms with van der Waals surface area (Å²) >= 11 is 0. The van der Waals surface area contributed by atoms with Crippen LogP contribution in [0.15, 0.2) is 30.6 Å². The molecule has 0 spiro atoms. The summed E-state index contributed by atoms with van der Waals surface area (Å²) in [5, 5.41) is 6.47. The molecule has 8 nitrogen and oxygen atoms in total. The number of aromatic nitrogens is 2. The molecule has 1 N–H and O–H groups in total. The van der Waals surface area contributed by atoms with E-state index in [4.69, 9.17) is 14.2 Å². The zero-order chi connectivity index (χ0) is 15.5. The Bertz CT molecular complexity index is 725. The molecule has 1 amide bonds. The second-order valence-corrected chi connectivity index (χ2v) is 4.60. The zero-order valence-electron chi connectivity index (χ0n) is 11.7. The number of amides is 1. The molecule has 0 bridgehead atoms. The lowest BCUT2D eigenvalue weighted by Gasteiger charge is -2.06. The molecule has 22 heavy (non-hydrogen) atoms. The summed E-state index contributed by atoms with van der Waals surface area (Å²) < 4.78 is 16.8. The van der Waals surface area contributed by atoms with E-state index < -0.39 is 11.9 Å².